The molecular formula is C26H24F3N3O3S. The molecule has 2 aliphatic rings. The Labute approximate surface area is 206 Å². The Kier molecular flexibility index (Phi) is 6.23. The van der Waals surface area contributed by atoms with Gasteiger partial charge in [-0.25, -0.2) is 13.4 Å². The van der Waals surface area contributed by atoms with Crippen LogP contribution in [-0.2, 0) is 22.6 Å². The predicted molar refractivity (Wildman–Crippen MR) is 129 cm³/mol. The maximum Gasteiger partial charge on any atom is 0.417 e. The molecule has 0 bridgehead atoms. The molecule has 3 aromatic rings. The molecule has 188 valence electrons. The molecule has 2 heterocycles. The minimum Gasteiger partial charge on any atom is -0.367 e. The minimum atomic E-state index is -4.44. The summed E-state index contributed by atoms with van der Waals surface area (Å²) in [4.78, 5) is 16.0. The molecule has 1 aliphatic heterocycles. The van der Waals surface area contributed by atoms with Crippen LogP contribution in [0.1, 0.15) is 47.2 Å². The van der Waals surface area contributed by atoms with E-state index < -0.39 is 26.8 Å². The van der Waals surface area contributed by atoms with E-state index in [4.69, 9.17) is 0 Å². The van der Waals surface area contributed by atoms with E-state index in [1.807, 2.05) is 18.2 Å². The largest absolute Gasteiger partial charge is 0.417 e. The van der Waals surface area contributed by atoms with Crippen LogP contribution >= 0.6 is 0 Å². The number of amides is 1. The molecular weight excluding hydrogens is 491 g/mol. The summed E-state index contributed by atoms with van der Waals surface area (Å²) >= 11 is 0. The standard InChI is InChI=1S/C26H24F3N3O3S/c27-26(28,29)19-5-12-24(30-15-19)32-20-6-10-22(11-7-20)36(34,35)21-8-3-16(4-9-21)17-1-2-18-14-31-25(33)23(18)13-17/h1-5,8-9,12-13,15,20,22H,6-7,10-11,14H2,(H,30,32)(H,31,33). The van der Waals surface area contributed by atoms with Crippen molar-refractivity contribution in [1.29, 1.82) is 0 Å². The van der Waals surface area contributed by atoms with Gasteiger partial charge in [-0.1, -0.05) is 24.3 Å². The Bertz CT molecular complexity index is 1380. The smallest absolute Gasteiger partial charge is 0.367 e. The molecule has 1 saturated carbocycles. The Morgan fingerprint density at radius 3 is 2.25 bits per heavy atom. The van der Waals surface area contributed by atoms with Gasteiger partial charge < -0.3 is 10.6 Å². The van der Waals surface area contributed by atoms with Crippen LogP contribution in [0.3, 0.4) is 0 Å². The molecule has 0 radical (unpaired) electrons. The van der Waals surface area contributed by atoms with Crippen molar-refractivity contribution in [3.8, 4) is 11.1 Å². The fourth-order valence-electron chi connectivity index (χ4n) is 4.80. The first-order valence-electron chi connectivity index (χ1n) is 11.7. The molecule has 0 spiro atoms. The number of alkyl halides is 3. The van der Waals surface area contributed by atoms with E-state index in [1.165, 1.54) is 6.07 Å². The number of fused-ring (bicyclic) bond motifs is 1. The van der Waals surface area contributed by atoms with Crippen LogP contribution in [0.15, 0.2) is 65.7 Å². The number of sulfone groups is 1. The number of benzene rings is 2. The highest BCUT2D eigenvalue weighted by Crippen LogP contribution is 2.33. The van der Waals surface area contributed by atoms with Gasteiger partial charge >= 0.3 is 6.18 Å². The van der Waals surface area contributed by atoms with Crippen molar-refractivity contribution in [2.24, 2.45) is 0 Å². The van der Waals surface area contributed by atoms with Crippen LogP contribution in [-0.4, -0.2) is 30.6 Å². The molecule has 1 aliphatic carbocycles. The van der Waals surface area contributed by atoms with E-state index in [1.54, 1.807) is 24.3 Å². The van der Waals surface area contributed by atoms with Crippen molar-refractivity contribution >= 4 is 21.6 Å². The maximum absolute atomic E-state index is 13.2. The van der Waals surface area contributed by atoms with Gasteiger partial charge in [0, 0.05) is 24.3 Å². The number of aromatic nitrogens is 1. The lowest BCUT2D eigenvalue weighted by Gasteiger charge is -2.29. The van der Waals surface area contributed by atoms with Gasteiger partial charge in [0.15, 0.2) is 9.84 Å². The van der Waals surface area contributed by atoms with Gasteiger partial charge in [0.05, 0.1) is 15.7 Å². The fourth-order valence-corrected chi connectivity index (χ4v) is 6.59. The zero-order valence-corrected chi connectivity index (χ0v) is 20.0. The molecule has 2 N–H and O–H groups in total. The summed E-state index contributed by atoms with van der Waals surface area (Å²) in [5.74, 6) is 0.235. The highest BCUT2D eigenvalue weighted by molar-refractivity contribution is 7.92. The second-order valence-corrected chi connectivity index (χ2v) is 11.4. The van der Waals surface area contributed by atoms with Crippen molar-refractivity contribution < 1.29 is 26.4 Å². The Morgan fingerprint density at radius 1 is 0.917 bits per heavy atom. The van der Waals surface area contributed by atoms with Crippen LogP contribution in [0.4, 0.5) is 19.0 Å². The number of nitrogens with one attached hydrogen (secondary N) is 2. The summed E-state index contributed by atoms with van der Waals surface area (Å²) in [7, 11) is -3.53. The molecule has 0 atom stereocenters. The number of rotatable bonds is 5. The van der Waals surface area contributed by atoms with Gasteiger partial charge in [0.2, 0.25) is 0 Å². The number of carbonyl (C=O) groups is 1. The summed E-state index contributed by atoms with van der Waals surface area (Å²) in [6.45, 7) is 0.518. The molecule has 1 amide bonds. The zero-order chi connectivity index (χ0) is 25.5. The van der Waals surface area contributed by atoms with Crippen molar-refractivity contribution in [2.75, 3.05) is 5.32 Å². The number of carbonyl (C=O) groups excluding carboxylic acids is 1. The van der Waals surface area contributed by atoms with E-state index in [9.17, 15) is 26.4 Å². The minimum absolute atomic E-state index is 0.0555. The number of pyridine rings is 1. The third kappa shape index (κ3) is 4.82. The number of hydrogen-bond donors (Lipinski definition) is 2. The second-order valence-electron chi connectivity index (χ2n) is 9.17. The quantitative estimate of drug-likeness (QED) is 0.487. The Hall–Kier alpha value is -3.40. The number of hydrogen-bond acceptors (Lipinski definition) is 5. The lowest BCUT2D eigenvalue weighted by atomic mass is 9.95. The molecule has 2 aromatic carbocycles. The maximum atomic E-state index is 13.2. The second kappa shape index (κ2) is 9.24. The summed E-state index contributed by atoms with van der Waals surface area (Å²) in [6, 6.07) is 14.6. The van der Waals surface area contributed by atoms with Crippen LogP contribution in [0.2, 0.25) is 0 Å². The number of nitrogens with zero attached hydrogens (tertiary/aromatic N) is 1. The molecule has 0 saturated heterocycles. The van der Waals surface area contributed by atoms with E-state index in [2.05, 4.69) is 15.6 Å². The highest BCUT2D eigenvalue weighted by Gasteiger charge is 2.33. The van der Waals surface area contributed by atoms with Crippen LogP contribution in [0.5, 0.6) is 0 Å². The first-order chi connectivity index (χ1) is 17.1. The topological polar surface area (TPSA) is 88.2 Å². The SMILES string of the molecule is O=C1NCc2ccc(-c3ccc(S(=O)(=O)C4CCC(Nc5ccc(C(F)(F)F)cn5)CC4)cc3)cc21. The monoisotopic (exact) mass is 515 g/mol. The average Bonchev–Trinajstić information content (AvgIpc) is 3.24. The summed E-state index contributed by atoms with van der Waals surface area (Å²) in [5, 5.41) is 5.38. The molecule has 36 heavy (non-hydrogen) atoms. The van der Waals surface area contributed by atoms with Crippen LogP contribution in [0.25, 0.3) is 11.1 Å². The van der Waals surface area contributed by atoms with Gasteiger partial charge in [0.25, 0.3) is 5.91 Å². The summed E-state index contributed by atoms with van der Waals surface area (Å²) in [5.41, 5.74) is 2.45. The molecule has 1 fully saturated rings. The average molecular weight is 516 g/mol. The highest BCUT2D eigenvalue weighted by atomic mass is 32.2. The van der Waals surface area contributed by atoms with Crippen molar-refractivity contribution in [3.63, 3.8) is 0 Å². The fraction of sp³-hybridized carbons (Fsp3) is 0.308. The predicted octanol–water partition coefficient (Wildman–Crippen LogP) is 5.21. The number of anilines is 1. The Morgan fingerprint density at radius 2 is 1.61 bits per heavy atom. The first kappa shape index (κ1) is 24.3. The van der Waals surface area contributed by atoms with Gasteiger partial charge in [-0.15, -0.1) is 0 Å². The molecule has 1 aromatic heterocycles. The lowest BCUT2D eigenvalue weighted by Crippen LogP contribution is -2.33. The molecule has 6 nitrogen and oxygen atoms in total. The van der Waals surface area contributed by atoms with Crippen LogP contribution in [0, 0.1) is 0 Å². The summed E-state index contributed by atoms with van der Waals surface area (Å²) in [6.07, 6.45) is -1.61. The third-order valence-corrected chi connectivity index (χ3v) is 9.14. The van der Waals surface area contributed by atoms with E-state index in [0.29, 0.717) is 43.6 Å². The van der Waals surface area contributed by atoms with E-state index >= 15 is 0 Å². The lowest BCUT2D eigenvalue weighted by molar-refractivity contribution is -0.137. The van der Waals surface area contributed by atoms with Gasteiger partial charge in [-0.2, -0.15) is 13.2 Å². The van der Waals surface area contributed by atoms with Crippen molar-refractivity contribution in [2.45, 2.75) is 54.6 Å². The third-order valence-electron chi connectivity index (χ3n) is 6.87. The van der Waals surface area contributed by atoms with E-state index in [-0.39, 0.29) is 16.8 Å². The first-order valence-corrected chi connectivity index (χ1v) is 13.2. The van der Waals surface area contributed by atoms with Gasteiger partial charge in [0.1, 0.15) is 5.82 Å². The van der Waals surface area contributed by atoms with Gasteiger partial charge in [-0.05, 0) is 72.7 Å². The molecule has 0 unspecified atom stereocenters. The van der Waals surface area contributed by atoms with Gasteiger partial charge in [-0.3, -0.25) is 4.79 Å². The normalized spacial score (nSPS) is 20.0. The van der Waals surface area contributed by atoms with Crippen molar-refractivity contribution in [1.82, 2.24) is 10.3 Å². The Balaban J connectivity index is 1.22. The van der Waals surface area contributed by atoms with E-state index in [0.717, 1.165) is 29.0 Å². The number of halogens is 3. The van der Waals surface area contributed by atoms with Crippen LogP contribution < -0.4 is 10.6 Å². The zero-order valence-electron chi connectivity index (χ0n) is 19.2. The van der Waals surface area contributed by atoms with Crippen molar-refractivity contribution in [3.05, 3.63) is 77.5 Å². The summed E-state index contributed by atoms with van der Waals surface area (Å²) < 4.78 is 64.6. The molecule has 5 rings (SSSR count). The molecule has 10 heteroatoms.